The van der Waals surface area contributed by atoms with Crippen LogP contribution >= 0.6 is 11.8 Å². The summed E-state index contributed by atoms with van der Waals surface area (Å²) >= 11 is 0.996. The molecule has 1 aliphatic rings. The maximum absolute atomic E-state index is 11.4. The molecular weight excluding hydrogens is 306 g/mol. The van der Waals surface area contributed by atoms with Crippen molar-refractivity contribution in [2.24, 2.45) is 0 Å². The summed E-state index contributed by atoms with van der Waals surface area (Å²) in [6.45, 7) is 1.24. The topological polar surface area (TPSA) is 119 Å². The number of aromatic nitrogens is 2. The van der Waals surface area contributed by atoms with Gasteiger partial charge in [-0.3, -0.25) is 14.9 Å². The van der Waals surface area contributed by atoms with Crippen LogP contribution in [0.2, 0.25) is 0 Å². The molecular formula is C10H13N3O5S2. The summed E-state index contributed by atoms with van der Waals surface area (Å²) in [6, 6.07) is 0. The quantitative estimate of drug-likeness (QED) is 0.753. The molecule has 10 heteroatoms. The van der Waals surface area contributed by atoms with Crippen LogP contribution in [0, 0.1) is 0 Å². The number of carbonyl (C=O) groups excluding carboxylic acids is 2. The number of amides is 2. The second kappa shape index (κ2) is 5.92. The number of hydrogen-bond donors (Lipinski definition) is 1. The summed E-state index contributed by atoms with van der Waals surface area (Å²) in [4.78, 5) is 21.9. The molecule has 0 saturated carbocycles. The van der Waals surface area contributed by atoms with Crippen molar-refractivity contribution < 1.29 is 22.4 Å². The van der Waals surface area contributed by atoms with Crippen LogP contribution in [0.15, 0.2) is 9.64 Å². The lowest BCUT2D eigenvalue weighted by Crippen LogP contribution is -2.29. The van der Waals surface area contributed by atoms with E-state index in [9.17, 15) is 18.0 Å². The first-order chi connectivity index (χ1) is 9.35. The molecule has 1 N–H and O–H groups in total. The van der Waals surface area contributed by atoms with Crippen molar-refractivity contribution >= 4 is 33.4 Å². The highest BCUT2D eigenvalue weighted by atomic mass is 32.2. The van der Waals surface area contributed by atoms with Crippen LogP contribution in [-0.2, 0) is 19.4 Å². The normalized spacial score (nSPS) is 20.8. The Kier molecular flexibility index (Phi) is 4.43. The van der Waals surface area contributed by atoms with E-state index in [1.807, 2.05) is 0 Å². The molecule has 0 spiro atoms. The van der Waals surface area contributed by atoms with Crippen LogP contribution in [0.4, 0.5) is 0 Å². The van der Waals surface area contributed by atoms with E-state index in [0.717, 1.165) is 11.8 Å². The first-order valence-electron chi connectivity index (χ1n) is 5.83. The molecule has 2 heterocycles. The summed E-state index contributed by atoms with van der Waals surface area (Å²) in [6.07, 6.45) is 0.472. The first-order valence-corrected chi connectivity index (χ1v) is 8.63. The van der Waals surface area contributed by atoms with Gasteiger partial charge in [-0.05, 0) is 6.42 Å². The van der Waals surface area contributed by atoms with Gasteiger partial charge in [0.2, 0.25) is 17.7 Å². The molecule has 0 aromatic carbocycles. The highest BCUT2D eigenvalue weighted by molar-refractivity contribution is 7.99. The number of carbonyl (C=O) groups is 2. The Hall–Kier alpha value is -1.42. The lowest BCUT2D eigenvalue weighted by atomic mass is 10.1. The zero-order valence-corrected chi connectivity index (χ0v) is 12.3. The Morgan fingerprint density at radius 3 is 2.80 bits per heavy atom. The highest BCUT2D eigenvalue weighted by Crippen LogP contribution is 2.29. The maximum Gasteiger partial charge on any atom is 0.277 e. The molecule has 0 aliphatic carbocycles. The van der Waals surface area contributed by atoms with Crippen molar-refractivity contribution in [3.05, 3.63) is 5.89 Å². The SMILES string of the molecule is CC(=O)NC(=O)CSc1nnc([C@@H]2CCS(=O)(=O)C2)o1. The molecule has 1 aliphatic heterocycles. The zero-order valence-electron chi connectivity index (χ0n) is 10.7. The minimum atomic E-state index is -3.01. The molecule has 0 bridgehead atoms. The number of hydrogen-bond acceptors (Lipinski definition) is 8. The van der Waals surface area contributed by atoms with Gasteiger partial charge in [0.15, 0.2) is 9.84 Å². The Balaban J connectivity index is 1.90. The number of imide groups is 1. The van der Waals surface area contributed by atoms with Gasteiger partial charge in [-0.2, -0.15) is 0 Å². The Morgan fingerprint density at radius 1 is 1.45 bits per heavy atom. The Labute approximate surface area is 119 Å². The summed E-state index contributed by atoms with van der Waals surface area (Å²) in [5, 5.41) is 9.85. The van der Waals surface area contributed by atoms with Crippen molar-refractivity contribution in [2.75, 3.05) is 17.3 Å². The minimum absolute atomic E-state index is 0.0180. The summed E-state index contributed by atoms with van der Waals surface area (Å²) in [7, 11) is -3.01. The van der Waals surface area contributed by atoms with E-state index < -0.39 is 21.7 Å². The monoisotopic (exact) mass is 319 g/mol. The Bertz CT molecular complexity index is 625. The predicted molar refractivity (Wildman–Crippen MR) is 69.9 cm³/mol. The number of sulfone groups is 1. The third kappa shape index (κ3) is 4.04. The van der Waals surface area contributed by atoms with E-state index in [1.165, 1.54) is 6.92 Å². The van der Waals surface area contributed by atoms with Gasteiger partial charge in [-0.1, -0.05) is 11.8 Å². The van der Waals surface area contributed by atoms with E-state index in [2.05, 4.69) is 15.5 Å². The molecule has 2 rings (SSSR count). The van der Waals surface area contributed by atoms with E-state index in [1.54, 1.807) is 0 Å². The minimum Gasteiger partial charge on any atom is -0.416 e. The molecule has 1 fully saturated rings. The third-order valence-electron chi connectivity index (χ3n) is 2.65. The van der Waals surface area contributed by atoms with Gasteiger partial charge in [0.05, 0.1) is 23.2 Å². The fourth-order valence-corrected chi connectivity index (χ4v) is 4.10. The summed E-state index contributed by atoms with van der Waals surface area (Å²) < 4.78 is 28.0. The molecule has 2 amide bonds. The van der Waals surface area contributed by atoms with Crippen LogP contribution < -0.4 is 5.32 Å². The van der Waals surface area contributed by atoms with Crippen molar-refractivity contribution in [3.63, 3.8) is 0 Å². The van der Waals surface area contributed by atoms with Crippen molar-refractivity contribution in [3.8, 4) is 0 Å². The van der Waals surface area contributed by atoms with Crippen LogP contribution in [0.3, 0.4) is 0 Å². The van der Waals surface area contributed by atoms with Crippen molar-refractivity contribution in [1.29, 1.82) is 0 Å². The average Bonchev–Trinajstić information content (AvgIpc) is 2.92. The van der Waals surface area contributed by atoms with Gasteiger partial charge in [0.25, 0.3) is 5.22 Å². The highest BCUT2D eigenvalue weighted by Gasteiger charge is 2.32. The molecule has 8 nitrogen and oxygen atoms in total. The van der Waals surface area contributed by atoms with Gasteiger partial charge in [-0.15, -0.1) is 10.2 Å². The summed E-state index contributed by atoms with van der Waals surface area (Å²) in [5.41, 5.74) is 0. The molecule has 1 aromatic heterocycles. The predicted octanol–water partition coefficient (Wildman–Crippen LogP) is -0.274. The van der Waals surface area contributed by atoms with Crippen LogP contribution in [-0.4, -0.2) is 47.7 Å². The maximum atomic E-state index is 11.4. The second-order valence-electron chi connectivity index (χ2n) is 4.40. The van der Waals surface area contributed by atoms with Crippen LogP contribution in [0.25, 0.3) is 0 Å². The second-order valence-corrected chi connectivity index (χ2v) is 7.55. The largest absolute Gasteiger partial charge is 0.416 e. The molecule has 110 valence electrons. The number of rotatable bonds is 4. The molecule has 1 aromatic rings. The van der Waals surface area contributed by atoms with E-state index in [-0.39, 0.29) is 34.3 Å². The molecule has 1 atom stereocenters. The molecule has 1 saturated heterocycles. The third-order valence-corrected chi connectivity index (χ3v) is 5.23. The van der Waals surface area contributed by atoms with Crippen LogP contribution in [0.1, 0.15) is 25.2 Å². The fourth-order valence-electron chi connectivity index (χ4n) is 1.79. The van der Waals surface area contributed by atoms with E-state index >= 15 is 0 Å². The lowest BCUT2D eigenvalue weighted by Gasteiger charge is -1.99. The Morgan fingerprint density at radius 2 is 2.20 bits per heavy atom. The van der Waals surface area contributed by atoms with Gasteiger partial charge < -0.3 is 4.42 Å². The fraction of sp³-hybridized carbons (Fsp3) is 0.600. The van der Waals surface area contributed by atoms with Crippen molar-refractivity contribution in [2.45, 2.75) is 24.5 Å². The first kappa shape index (κ1) is 15.0. The van der Waals surface area contributed by atoms with E-state index in [0.29, 0.717) is 6.42 Å². The van der Waals surface area contributed by atoms with Crippen molar-refractivity contribution in [1.82, 2.24) is 15.5 Å². The smallest absolute Gasteiger partial charge is 0.277 e. The number of thioether (sulfide) groups is 1. The standard InChI is InChI=1S/C10H13N3O5S2/c1-6(14)11-8(15)4-19-10-13-12-9(18-10)7-2-3-20(16,17)5-7/h7H,2-5H2,1H3,(H,11,14,15)/t7-/m1/s1. The molecule has 0 unspecified atom stereocenters. The van der Waals surface area contributed by atoms with Gasteiger partial charge in [-0.25, -0.2) is 8.42 Å². The van der Waals surface area contributed by atoms with Gasteiger partial charge >= 0.3 is 0 Å². The number of nitrogens with one attached hydrogen (secondary N) is 1. The average molecular weight is 319 g/mol. The lowest BCUT2D eigenvalue weighted by molar-refractivity contribution is -0.127. The van der Waals surface area contributed by atoms with E-state index in [4.69, 9.17) is 4.42 Å². The number of nitrogens with zero attached hydrogens (tertiary/aromatic N) is 2. The molecule has 0 radical (unpaired) electrons. The molecule has 20 heavy (non-hydrogen) atoms. The summed E-state index contributed by atoms with van der Waals surface area (Å²) in [5.74, 6) is -0.755. The van der Waals surface area contributed by atoms with Crippen LogP contribution in [0.5, 0.6) is 0 Å². The van der Waals surface area contributed by atoms with Gasteiger partial charge in [0, 0.05) is 6.92 Å². The van der Waals surface area contributed by atoms with Gasteiger partial charge in [0.1, 0.15) is 0 Å². The zero-order chi connectivity index (χ0) is 14.8.